The maximum Gasteiger partial charge on any atom is 0.197 e. The fourth-order valence-corrected chi connectivity index (χ4v) is 4.48. The number of hydrogen-bond acceptors (Lipinski definition) is 5. The first kappa shape index (κ1) is 17.9. The average molecular weight is 366 g/mol. The predicted octanol–water partition coefficient (Wildman–Crippen LogP) is 2.70. The summed E-state index contributed by atoms with van der Waals surface area (Å²) in [6, 6.07) is 8.35. The van der Waals surface area contributed by atoms with Crippen LogP contribution in [-0.4, -0.2) is 33.8 Å². The van der Waals surface area contributed by atoms with Crippen molar-refractivity contribution >= 4 is 11.4 Å². The third-order valence-electron chi connectivity index (χ3n) is 5.78. The summed E-state index contributed by atoms with van der Waals surface area (Å²) in [6.07, 6.45) is -0.992. The summed E-state index contributed by atoms with van der Waals surface area (Å²) < 4.78 is 5.35. The minimum atomic E-state index is -1.48. The molecule has 5 nitrogen and oxygen atoms in total. The van der Waals surface area contributed by atoms with Gasteiger partial charge in [-0.15, -0.1) is 0 Å². The zero-order chi connectivity index (χ0) is 19.7. The Morgan fingerprint density at radius 3 is 2.52 bits per heavy atom. The third-order valence-corrected chi connectivity index (χ3v) is 5.78. The van der Waals surface area contributed by atoms with Crippen molar-refractivity contribution in [1.29, 1.82) is 0 Å². The normalized spacial score (nSPS) is 29.0. The highest BCUT2D eigenvalue weighted by Gasteiger charge is 2.47. The second-order valence-corrected chi connectivity index (χ2v) is 7.78. The van der Waals surface area contributed by atoms with E-state index in [1.165, 1.54) is 7.11 Å². The van der Waals surface area contributed by atoms with Crippen molar-refractivity contribution in [1.82, 2.24) is 0 Å². The molecule has 2 aliphatic carbocycles. The molecule has 140 valence electrons. The van der Waals surface area contributed by atoms with E-state index in [4.69, 9.17) is 4.74 Å². The number of hydrogen-bond donors (Lipinski definition) is 3. The molecule has 0 bridgehead atoms. The van der Waals surface area contributed by atoms with Crippen LogP contribution in [0.25, 0.3) is 5.57 Å². The maximum absolute atomic E-state index is 13.2. The Bertz CT molecular complexity index is 1000. The molecule has 4 rings (SSSR count). The van der Waals surface area contributed by atoms with Gasteiger partial charge in [0.05, 0.1) is 18.3 Å². The monoisotopic (exact) mass is 366 g/mol. The molecule has 0 radical (unpaired) electrons. The van der Waals surface area contributed by atoms with Crippen molar-refractivity contribution < 1.29 is 24.9 Å². The number of carbonyl (C=O) groups is 1. The molecular formula is C22H22O5. The highest BCUT2D eigenvalue weighted by Crippen LogP contribution is 2.51. The number of fused-ring (bicyclic) bond motifs is 4. The van der Waals surface area contributed by atoms with E-state index in [0.29, 0.717) is 44.7 Å². The molecule has 2 aliphatic rings. The van der Waals surface area contributed by atoms with Gasteiger partial charge in [0.15, 0.2) is 5.78 Å². The maximum atomic E-state index is 13.2. The van der Waals surface area contributed by atoms with Gasteiger partial charge in [-0.05, 0) is 36.6 Å². The van der Waals surface area contributed by atoms with E-state index in [1.54, 1.807) is 44.2 Å². The smallest absolute Gasteiger partial charge is 0.197 e. The molecular weight excluding hydrogens is 344 g/mol. The molecule has 0 saturated carbocycles. The minimum Gasteiger partial charge on any atom is -0.496 e. The van der Waals surface area contributed by atoms with Crippen molar-refractivity contribution in [3.63, 3.8) is 0 Å². The van der Waals surface area contributed by atoms with Crippen LogP contribution in [0.2, 0.25) is 0 Å². The number of ether oxygens (including phenoxy) is 1. The van der Waals surface area contributed by atoms with Gasteiger partial charge in [-0.25, -0.2) is 0 Å². The molecule has 5 heteroatoms. The van der Waals surface area contributed by atoms with Crippen LogP contribution in [0.4, 0.5) is 0 Å². The molecule has 2 aromatic carbocycles. The lowest BCUT2D eigenvalue weighted by Crippen LogP contribution is -2.40. The van der Waals surface area contributed by atoms with Gasteiger partial charge in [0, 0.05) is 23.1 Å². The quantitative estimate of drug-likeness (QED) is 0.722. The zero-order valence-electron chi connectivity index (χ0n) is 15.5. The second kappa shape index (κ2) is 5.52. The summed E-state index contributed by atoms with van der Waals surface area (Å²) in [5.41, 5.74) is 0.327. The fraction of sp³-hybridized carbons (Fsp3) is 0.318. The molecule has 0 amide bonds. The van der Waals surface area contributed by atoms with Crippen molar-refractivity contribution in [2.45, 2.75) is 37.6 Å². The van der Waals surface area contributed by atoms with Crippen LogP contribution in [0.1, 0.15) is 64.5 Å². The van der Waals surface area contributed by atoms with Crippen LogP contribution >= 0.6 is 0 Å². The Hall–Kier alpha value is -2.47. The average Bonchev–Trinajstić information content (AvgIpc) is 2.62. The SMILES string of the molecule is C=C1C[C@](C)(O)[C@H](O)c2ccc3c(c21)C(C)(O)c1cccc(OC)c1C3=O. The Morgan fingerprint density at radius 2 is 1.85 bits per heavy atom. The van der Waals surface area contributed by atoms with Gasteiger partial charge in [-0.2, -0.15) is 0 Å². The number of aliphatic hydroxyl groups excluding tert-OH is 1. The van der Waals surface area contributed by atoms with Crippen molar-refractivity contribution in [2.75, 3.05) is 7.11 Å². The molecule has 0 aromatic heterocycles. The van der Waals surface area contributed by atoms with Gasteiger partial charge in [0.1, 0.15) is 17.5 Å². The van der Waals surface area contributed by atoms with E-state index in [2.05, 4.69) is 6.58 Å². The molecule has 1 unspecified atom stereocenters. The lowest BCUT2D eigenvalue weighted by Gasteiger charge is -2.42. The standard InChI is InChI=1S/C22H22O5/c1-11-10-21(2,25)20(24)12-8-9-13-18(16(11)12)22(3,26)14-6-5-7-15(27-4)17(14)19(13)23/h5-9,20,24-26H,1,10H2,2-4H3/t20-,21+,22?/m1/s1. The van der Waals surface area contributed by atoms with Gasteiger partial charge >= 0.3 is 0 Å². The van der Waals surface area contributed by atoms with Gasteiger partial charge < -0.3 is 20.1 Å². The van der Waals surface area contributed by atoms with Crippen molar-refractivity contribution in [3.05, 3.63) is 70.3 Å². The predicted molar refractivity (Wildman–Crippen MR) is 101 cm³/mol. The first-order valence-electron chi connectivity index (χ1n) is 8.81. The van der Waals surface area contributed by atoms with Crippen molar-refractivity contribution in [3.8, 4) is 5.75 Å². The van der Waals surface area contributed by atoms with Crippen LogP contribution in [0, 0.1) is 0 Å². The van der Waals surface area contributed by atoms with Crippen LogP contribution in [0.5, 0.6) is 5.75 Å². The minimum absolute atomic E-state index is 0.146. The van der Waals surface area contributed by atoms with Crippen LogP contribution in [0.15, 0.2) is 36.9 Å². The molecule has 0 saturated heterocycles. The summed E-state index contributed by atoms with van der Waals surface area (Å²) in [6.45, 7) is 7.23. The van der Waals surface area contributed by atoms with Gasteiger partial charge in [0.25, 0.3) is 0 Å². The van der Waals surface area contributed by atoms with Crippen LogP contribution < -0.4 is 4.74 Å². The van der Waals surface area contributed by atoms with E-state index in [-0.39, 0.29) is 12.2 Å². The Balaban J connectivity index is 2.07. The molecule has 3 N–H and O–H groups in total. The van der Waals surface area contributed by atoms with E-state index >= 15 is 0 Å². The summed E-state index contributed by atoms with van der Waals surface area (Å²) in [4.78, 5) is 13.2. The topological polar surface area (TPSA) is 87.0 Å². The van der Waals surface area contributed by atoms with Gasteiger partial charge in [-0.3, -0.25) is 4.79 Å². The van der Waals surface area contributed by atoms with Gasteiger partial charge in [-0.1, -0.05) is 30.8 Å². The van der Waals surface area contributed by atoms with E-state index in [1.807, 2.05) is 0 Å². The highest BCUT2D eigenvalue weighted by molar-refractivity contribution is 6.15. The van der Waals surface area contributed by atoms with Crippen molar-refractivity contribution in [2.24, 2.45) is 0 Å². The van der Waals surface area contributed by atoms with E-state index in [9.17, 15) is 20.1 Å². The number of aliphatic hydroxyl groups is 3. The Kier molecular flexibility index (Phi) is 3.66. The number of benzene rings is 2. The molecule has 0 aliphatic heterocycles. The lowest BCUT2D eigenvalue weighted by molar-refractivity contribution is -0.0634. The Morgan fingerprint density at radius 1 is 1.15 bits per heavy atom. The number of rotatable bonds is 1. The lowest BCUT2D eigenvalue weighted by atomic mass is 9.67. The van der Waals surface area contributed by atoms with Crippen LogP contribution in [-0.2, 0) is 5.60 Å². The number of methoxy groups -OCH3 is 1. The second-order valence-electron chi connectivity index (χ2n) is 7.78. The van der Waals surface area contributed by atoms with Gasteiger partial charge in [0.2, 0.25) is 0 Å². The molecule has 2 aromatic rings. The molecule has 3 atom stereocenters. The van der Waals surface area contributed by atoms with Crippen LogP contribution in [0.3, 0.4) is 0 Å². The molecule has 27 heavy (non-hydrogen) atoms. The molecule has 0 spiro atoms. The Labute approximate surface area is 157 Å². The summed E-state index contributed by atoms with van der Waals surface area (Å²) in [5.74, 6) is 0.161. The first-order chi connectivity index (χ1) is 12.6. The largest absolute Gasteiger partial charge is 0.496 e. The number of ketones is 1. The summed E-state index contributed by atoms with van der Waals surface area (Å²) in [7, 11) is 1.49. The third kappa shape index (κ3) is 2.26. The van der Waals surface area contributed by atoms with E-state index in [0.717, 1.165) is 0 Å². The highest BCUT2D eigenvalue weighted by atomic mass is 16.5. The zero-order valence-corrected chi connectivity index (χ0v) is 15.5. The molecule has 0 heterocycles. The summed E-state index contributed by atoms with van der Waals surface area (Å²) in [5, 5.41) is 32.7. The fourth-order valence-electron chi connectivity index (χ4n) is 4.48. The first-order valence-corrected chi connectivity index (χ1v) is 8.81. The number of carbonyl (C=O) groups excluding carboxylic acids is 1. The summed E-state index contributed by atoms with van der Waals surface area (Å²) >= 11 is 0. The molecule has 0 fully saturated rings. The van der Waals surface area contributed by atoms with E-state index < -0.39 is 17.3 Å².